The molecule has 0 aromatic rings. The van der Waals surface area contributed by atoms with Crippen LogP contribution in [-0.2, 0) is 0 Å². The van der Waals surface area contributed by atoms with Crippen LogP contribution in [0, 0.1) is 6.61 Å². The fourth-order valence-corrected chi connectivity index (χ4v) is 0.197. The van der Waals surface area contributed by atoms with E-state index in [0.717, 1.165) is 6.61 Å². The summed E-state index contributed by atoms with van der Waals surface area (Å²) in [6.07, 6.45) is 1.51. The first-order valence-electron chi connectivity index (χ1n) is 2.06. The van der Waals surface area contributed by atoms with E-state index in [9.17, 15) is 0 Å². The Kier molecular flexibility index (Phi) is 3.65. The van der Waals surface area contributed by atoms with Crippen molar-refractivity contribution in [2.75, 3.05) is 6.61 Å². The summed E-state index contributed by atoms with van der Waals surface area (Å²) in [5.74, 6) is 0. The van der Waals surface area contributed by atoms with Crippen molar-refractivity contribution in [3.05, 3.63) is 18.3 Å². The summed E-state index contributed by atoms with van der Waals surface area (Å²) in [4.78, 5) is 0. The summed E-state index contributed by atoms with van der Waals surface area (Å²) in [7, 11) is 0. The van der Waals surface area contributed by atoms with Crippen LogP contribution >= 0.6 is 0 Å². The van der Waals surface area contributed by atoms with E-state index in [-0.39, 0.29) is 6.61 Å². The van der Waals surface area contributed by atoms with Crippen LogP contribution in [0.25, 0.3) is 0 Å². The van der Waals surface area contributed by atoms with E-state index >= 15 is 0 Å². The Morgan fingerprint density at radius 3 is 2.43 bits per heavy atom. The molecule has 0 aromatic carbocycles. The van der Waals surface area contributed by atoms with Crippen LogP contribution in [0.3, 0.4) is 0 Å². The third-order valence-corrected chi connectivity index (χ3v) is 0.617. The van der Waals surface area contributed by atoms with Gasteiger partial charge in [-0.1, -0.05) is 6.08 Å². The number of hydrogen-bond donors (Lipinski definition) is 2. The van der Waals surface area contributed by atoms with Crippen molar-refractivity contribution >= 4 is 0 Å². The molecule has 0 aliphatic carbocycles. The lowest BCUT2D eigenvalue weighted by atomic mass is 10.3. The Hall–Kier alpha value is -0.340. The second-order valence-electron chi connectivity index (χ2n) is 1.26. The Labute approximate surface area is 43.1 Å². The van der Waals surface area contributed by atoms with Gasteiger partial charge >= 0.3 is 0 Å². The van der Waals surface area contributed by atoms with Crippen molar-refractivity contribution in [1.82, 2.24) is 0 Å². The minimum atomic E-state index is -0.0110. The maximum atomic E-state index is 8.16. The van der Waals surface area contributed by atoms with Crippen LogP contribution in [0.4, 0.5) is 0 Å². The third kappa shape index (κ3) is 3.49. The number of aliphatic hydroxyl groups excluding tert-OH is 2. The SMILES string of the molecule is C/C([CH]O)=C\CO. The van der Waals surface area contributed by atoms with Gasteiger partial charge in [0.05, 0.1) is 6.61 Å². The van der Waals surface area contributed by atoms with E-state index in [4.69, 9.17) is 10.2 Å². The molecule has 0 unspecified atom stereocenters. The second kappa shape index (κ2) is 3.84. The maximum absolute atomic E-state index is 8.16. The van der Waals surface area contributed by atoms with Crippen LogP contribution in [0.1, 0.15) is 6.92 Å². The zero-order valence-electron chi connectivity index (χ0n) is 4.26. The van der Waals surface area contributed by atoms with Crippen LogP contribution < -0.4 is 0 Å². The van der Waals surface area contributed by atoms with Crippen molar-refractivity contribution in [2.45, 2.75) is 6.92 Å². The van der Waals surface area contributed by atoms with E-state index in [1.807, 2.05) is 0 Å². The van der Waals surface area contributed by atoms with Gasteiger partial charge in [0.15, 0.2) is 0 Å². The summed E-state index contributed by atoms with van der Waals surface area (Å²) in [6.45, 7) is 2.65. The summed E-state index contributed by atoms with van der Waals surface area (Å²) < 4.78 is 0. The van der Waals surface area contributed by atoms with Crippen molar-refractivity contribution in [2.24, 2.45) is 0 Å². The molecule has 0 heterocycles. The fraction of sp³-hybridized carbons (Fsp3) is 0.400. The van der Waals surface area contributed by atoms with Gasteiger partial charge in [-0.2, -0.15) is 0 Å². The molecule has 0 fully saturated rings. The lowest BCUT2D eigenvalue weighted by Gasteiger charge is -1.86. The van der Waals surface area contributed by atoms with Crippen molar-refractivity contribution in [3.8, 4) is 0 Å². The molecular weight excluding hydrogens is 92.1 g/mol. The Balaban J connectivity index is 3.29. The molecule has 0 aromatic heterocycles. The molecule has 0 amide bonds. The normalized spacial score (nSPS) is 12.1. The zero-order chi connectivity index (χ0) is 5.70. The van der Waals surface area contributed by atoms with Crippen LogP contribution in [-0.4, -0.2) is 16.8 Å². The first-order valence-corrected chi connectivity index (χ1v) is 2.06. The van der Waals surface area contributed by atoms with Crippen molar-refractivity contribution in [3.63, 3.8) is 0 Å². The van der Waals surface area contributed by atoms with Gasteiger partial charge in [-0.15, -0.1) is 0 Å². The van der Waals surface area contributed by atoms with Crippen molar-refractivity contribution < 1.29 is 10.2 Å². The topological polar surface area (TPSA) is 40.5 Å². The van der Waals surface area contributed by atoms with E-state index in [1.165, 1.54) is 6.08 Å². The highest BCUT2D eigenvalue weighted by Gasteiger charge is 1.79. The number of aliphatic hydroxyl groups is 2. The lowest BCUT2D eigenvalue weighted by molar-refractivity contribution is 0.339. The Bertz CT molecular complexity index is 66.5. The predicted molar refractivity (Wildman–Crippen MR) is 27.1 cm³/mol. The fourth-order valence-electron chi connectivity index (χ4n) is 0.197. The highest BCUT2D eigenvalue weighted by molar-refractivity contribution is 5.04. The smallest absolute Gasteiger partial charge is 0.105 e. The first kappa shape index (κ1) is 6.66. The predicted octanol–water partition coefficient (Wildman–Crippen LogP) is 0.459. The summed E-state index contributed by atoms with van der Waals surface area (Å²) >= 11 is 0. The molecule has 7 heavy (non-hydrogen) atoms. The number of rotatable bonds is 2. The highest BCUT2D eigenvalue weighted by atomic mass is 16.3. The summed E-state index contributed by atoms with van der Waals surface area (Å²) in [5, 5.41) is 16.3. The minimum absolute atomic E-state index is 0.0110. The molecule has 2 nitrogen and oxygen atoms in total. The Morgan fingerprint density at radius 1 is 1.71 bits per heavy atom. The molecule has 0 aliphatic rings. The molecule has 0 atom stereocenters. The minimum Gasteiger partial charge on any atom is -0.392 e. The second-order valence-corrected chi connectivity index (χ2v) is 1.26. The standard InChI is InChI=1S/C5H9O2/c1-5(4-7)2-3-6/h2,4,6-7H,3H2,1H3/b5-2+. The molecule has 0 bridgehead atoms. The van der Waals surface area contributed by atoms with Crippen molar-refractivity contribution in [1.29, 1.82) is 0 Å². The first-order chi connectivity index (χ1) is 3.31. The van der Waals surface area contributed by atoms with Gasteiger partial charge in [-0.25, -0.2) is 0 Å². The van der Waals surface area contributed by atoms with Crippen LogP contribution in [0.2, 0.25) is 0 Å². The Morgan fingerprint density at radius 2 is 2.29 bits per heavy atom. The van der Waals surface area contributed by atoms with Gasteiger partial charge in [0.25, 0.3) is 0 Å². The maximum Gasteiger partial charge on any atom is 0.105 e. The number of hydrogen-bond acceptors (Lipinski definition) is 2. The summed E-state index contributed by atoms with van der Waals surface area (Å²) in [5.41, 5.74) is 0.683. The molecular formula is C5H9O2. The molecule has 0 rings (SSSR count). The molecule has 0 saturated heterocycles. The molecule has 1 radical (unpaired) electrons. The third-order valence-electron chi connectivity index (χ3n) is 0.617. The van der Waals surface area contributed by atoms with Gasteiger partial charge < -0.3 is 10.2 Å². The zero-order valence-corrected chi connectivity index (χ0v) is 4.26. The highest BCUT2D eigenvalue weighted by Crippen LogP contribution is 1.90. The molecule has 0 saturated carbocycles. The van der Waals surface area contributed by atoms with Gasteiger partial charge in [0, 0.05) is 0 Å². The van der Waals surface area contributed by atoms with E-state index in [1.54, 1.807) is 6.92 Å². The summed E-state index contributed by atoms with van der Waals surface area (Å²) in [6, 6.07) is 0. The van der Waals surface area contributed by atoms with Gasteiger partial charge in [0.2, 0.25) is 0 Å². The van der Waals surface area contributed by atoms with E-state index in [2.05, 4.69) is 0 Å². The van der Waals surface area contributed by atoms with Gasteiger partial charge in [-0.3, -0.25) is 0 Å². The van der Waals surface area contributed by atoms with E-state index < -0.39 is 0 Å². The molecule has 0 spiro atoms. The van der Waals surface area contributed by atoms with E-state index in [0.29, 0.717) is 5.57 Å². The quantitative estimate of drug-likeness (QED) is 0.530. The molecule has 2 heteroatoms. The average Bonchev–Trinajstić information content (AvgIpc) is 1.68. The van der Waals surface area contributed by atoms with Gasteiger partial charge in [0.1, 0.15) is 6.61 Å². The van der Waals surface area contributed by atoms with Gasteiger partial charge in [-0.05, 0) is 12.5 Å². The molecule has 2 N–H and O–H groups in total. The molecule has 41 valence electrons. The largest absolute Gasteiger partial charge is 0.392 e. The van der Waals surface area contributed by atoms with Crippen LogP contribution in [0.15, 0.2) is 11.6 Å². The monoisotopic (exact) mass is 101 g/mol. The van der Waals surface area contributed by atoms with Crippen LogP contribution in [0.5, 0.6) is 0 Å². The average molecular weight is 101 g/mol. The lowest BCUT2D eigenvalue weighted by Crippen LogP contribution is -1.79. The molecule has 0 aliphatic heterocycles.